The molecular formula is C16H22N4O2. The van der Waals surface area contributed by atoms with E-state index in [0.717, 1.165) is 17.9 Å². The van der Waals surface area contributed by atoms with Crippen LogP contribution in [0.3, 0.4) is 0 Å². The van der Waals surface area contributed by atoms with E-state index < -0.39 is 5.60 Å². The molecule has 1 aliphatic rings. The number of rotatable bonds is 4. The predicted molar refractivity (Wildman–Crippen MR) is 82.3 cm³/mol. The fourth-order valence-corrected chi connectivity index (χ4v) is 2.83. The lowest BCUT2D eigenvalue weighted by Crippen LogP contribution is -2.45. The molecule has 1 aromatic carbocycles. The SMILES string of the molecule is Cc1nc([C@H]2CN(C[C@@](C)(O)c3ccccc3)CCO2)n[nH]1. The molecular weight excluding hydrogens is 280 g/mol. The molecule has 0 amide bonds. The third-order valence-corrected chi connectivity index (χ3v) is 3.98. The Morgan fingerprint density at radius 2 is 2.18 bits per heavy atom. The number of H-pyrrole nitrogens is 1. The molecule has 1 aliphatic heterocycles. The van der Waals surface area contributed by atoms with Crippen molar-refractivity contribution in [2.75, 3.05) is 26.2 Å². The standard InChI is InChI=1S/C16H22N4O2/c1-12-17-15(19-18-12)14-10-20(8-9-22-14)11-16(2,21)13-6-4-3-5-7-13/h3-7,14,21H,8-11H2,1-2H3,(H,17,18,19)/t14-,16-/m1/s1. The summed E-state index contributed by atoms with van der Waals surface area (Å²) in [6.07, 6.45) is -0.148. The van der Waals surface area contributed by atoms with Crippen molar-refractivity contribution in [3.8, 4) is 0 Å². The van der Waals surface area contributed by atoms with Crippen LogP contribution in [0.15, 0.2) is 30.3 Å². The Morgan fingerprint density at radius 1 is 1.41 bits per heavy atom. The molecule has 2 atom stereocenters. The highest BCUT2D eigenvalue weighted by atomic mass is 16.5. The van der Waals surface area contributed by atoms with Crippen LogP contribution in [0.4, 0.5) is 0 Å². The van der Waals surface area contributed by atoms with Crippen LogP contribution in [0.1, 0.15) is 30.2 Å². The van der Waals surface area contributed by atoms with E-state index >= 15 is 0 Å². The molecule has 3 rings (SSSR count). The van der Waals surface area contributed by atoms with Gasteiger partial charge in [-0.2, -0.15) is 5.10 Å². The van der Waals surface area contributed by atoms with Gasteiger partial charge in [0.25, 0.3) is 0 Å². The molecule has 1 fully saturated rings. The van der Waals surface area contributed by atoms with Gasteiger partial charge in [0.1, 0.15) is 11.9 Å². The van der Waals surface area contributed by atoms with Gasteiger partial charge in [0.15, 0.2) is 5.82 Å². The van der Waals surface area contributed by atoms with Gasteiger partial charge in [-0.15, -0.1) is 0 Å². The predicted octanol–water partition coefficient (Wildman–Crippen LogP) is 1.39. The summed E-state index contributed by atoms with van der Waals surface area (Å²) in [5.74, 6) is 1.47. The molecule has 0 unspecified atom stereocenters. The highest BCUT2D eigenvalue weighted by Crippen LogP contribution is 2.25. The molecule has 0 spiro atoms. The Kier molecular flexibility index (Phi) is 4.24. The van der Waals surface area contributed by atoms with Crippen LogP contribution < -0.4 is 0 Å². The average Bonchev–Trinajstić information content (AvgIpc) is 2.95. The number of hydrogen-bond donors (Lipinski definition) is 2. The number of morpholine rings is 1. The van der Waals surface area contributed by atoms with Crippen LogP contribution in [0.25, 0.3) is 0 Å². The first-order chi connectivity index (χ1) is 10.5. The van der Waals surface area contributed by atoms with E-state index in [-0.39, 0.29) is 6.10 Å². The Bertz CT molecular complexity index is 612. The number of aromatic amines is 1. The molecule has 0 bridgehead atoms. The summed E-state index contributed by atoms with van der Waals surface area (Å²) < 4.78 is 5.76. The molecule has 2 heterocycles. The van der Waals surface area contributed by atoms with Crippen LogP contribution in [-0.4, -0.2) is 51.4 Å². The van der Waals surface area contributed by atoms with Gasteiger partial charge in [0, 0.05) is 19.6 Å². The van der Waals surface area contributed by atoms with Crippen molar-refractivity contribution < 1.29 is 9.84 Å². The minimum atomic E-state index is -0.891. The Hall–Kier alpha value is -1.76. The Morgan fingerprint density at radius 3 is 2.86 bits per heavy atom. The second-order valence-electron chi connectivity index (χ2n) is 6.01. The number of β-amino-alcohol motifs (C(OH)–C–C–N with tert-alkyl or cyclic N) is 1. The van der Waals surface area contributed by atoms with E-state index in [0.29, 0.717) is 25.5 Å². The van der Waals surface area contributed by atoms with Gasteiger partial charge in [0.05, 0.1) is 12.2 Å². The quantitative estimate of drug-likeness (QED) is 0.893. The highest BCUT2D eigenvalue weighted by Gasteiger charge is 2.31. The zero-order chi connectivity index (χ0) is 15.6. The molecule has 0 aliphatic carbocycles. The minimum absolute atomic E-state index is 0.148. The number of aliphatic hydroxyl groups is 1. The van der Waals surface area contributed by atoms with E-state index in [2.05, 4.69) is 20.1 Å². The lowest BCUT2D eigenvalue weighted by molar-refractivity contribution is -0.0654. The van der Waals surface area contributed by atoms with Crippen LogP contribution in [-0.2, 0) is 10.3 Å². The Labute approximate surface area is 130 Å². The molecule has 1 saturated heterocycles. The minimum Gasteiger partial charge on any atom is -0.384 e. The molecule has 2 aromatic rings. The van der Waals surface area contributed by atoms with Crippen molar-refractivity contribution in [3.63, 3.8) is 0 Å². The summed E-state index contributed by atoms with van der Waals surface area (Å²) in [5.41, 5.74) is 0.0321. The molecule has 6 heteroatoms. The summed E-state index contributed by atoms with van der Waals surface area (Å²) in [6, 6.07) is 9.76. The topological polar surface area (TPSA) is 74.3 Å². The zero-order valence-corrected chi connectivity index (χ0v) is 13.0. The van der Waals surface area contributed by atoms with E-state index in [4.69, 9.17) is 4.74 Å². The van der Waals surface area contributed by atoms with Crippen molar-refractivity contribution in [3.05, 3.63) is 47.5 Å². The van der Waals surface area contributed by atoms with Gasteiger partial charge in [-0.05, 0) is 19.4 Å². The van der Waals surface area contributed by atoms with Crippen LogP contribution in [0, 0.1) is 6.92 Å². The Balaban J connectivity index is 1.67. The largest absolute Gasteiger partial charge is 0.384 e. The number of nitrogens with zero attached hydrogens (tertiary/aromatic N) is 3. The maximum absolute atomic E-state index is 10.8. The van der Waals surface area contributed by atoms with E-state index in [1.165, 1.54) is 0 Å². The summed E-state index contributed by atoms with van der Waals surface area (Å²) in [4.78, 5) is 6.54. The lowest BCUT2D eigenvalue weighted by atomic mass is 9.95. The molecule has 2 N–H and O–H groups in total. The fraction of sp³-hybridized carbons (Fsp3) is 0.500. The first-order valence-corrected chi connectivity index (χ1v) is 7.55. The number of aryl methyl sites for hydroxylation is 1. The first kappa shape index (κ1) is 15.1. The maximum Gasteiger partial charge on any atom is 0.180 e. The zero-order valence-electron chi connectivity index (χ0n) is 13.0. The van der Waals surface area contributed by atoms with Crippen molar-refractivity contribution in [1.82, 2.24) is 20.1 Å². The summed E-state index contributed by atoms with van der Waals surface area (Å²) >= 11 is 0. The van der Waals surface area contributed by atoms with E-state index in [9.17, 15) is 5.11 Å². The molecule has 0 radical (unpaired) electrons. The molecule has 22 heavy (non-hydrogen) atoms. The normalized spacial score (nSPS) is 22.4. The lowest BCUT2D eigenvalue weighted by Gasteiger charge is -2.36. The summed E-state index contributed by atoms with van der Waals surface area (Å²) in [7, 11) is 0. The average molecular weight is 302 g/mol. The van der Waals surface area contributed by atoms with E-state index in [1.54, 1.807) is 0 Å². The van der Waals surface area contributed by atoms with E-state index in [1.807, 2.05) is 44.2 Å². The van der Waals surface area contributed by atoms with Gasteiger partial charge < -0.3 is 9.84 Å². The second-order valence-corrected chi connectivity index (χ2v) is 6.01. The third kappa shape index (κ3) is 3.35. The number of nitrogens with one attached hydrogen (secondary N) is 1. The van der Waals surface area contributed by atoms with Crippen molar-refractivity contribution in [1.29, 1.82) is 0 Å². The van der Waals surface area contributed by atoms with Gasteiger partial charge >= 0.3 is 0 Å². The third-order valence-electron chi connectivity index (χ3n) is 3.98. The highest BCUT2D eigenvalue weighted by molar-refractivity contribution is 5.21. The monoisotopic (exact) mass is 302 g/mol. The van der Waals surface area contributed by atoms with Crippen molar-refractivity contribution >= 4 is 0 Å². The van der Waals surface area contributed by atoms with Crippen LogP contribution >= 0.6 is 0 Å². The van der Waals surface area contributed by atoms with Gasteiger partial charge in [-0.3, -0.25) is 10.00 Å². The summed E-state index contributed by atoms with van der Waals surface area (Å²) in [6.45, 7) is 6.37. The molecule has 118 valence electrons. The van der Waals surface area contributed by atoms with Crippen LogP contribution in [0.5, 0.6) is 0 Å². The number of hydrogen-bond acceptors (Lipinski definition) is 5. The second kappa shape index (κ2) is 6.16. The number of benzene rings is 1. The van der Waals surface area contributed by atoms with Crippen LogP contribution in [0.2, 0.25) is 0 Å². The molecule has 6 nitrogen and oxygen atoms in total. The number of ether oxygens (including phenoxy) is 1. The molecule has 1 aromatic heterocycles. The van der Waals surface area contributed by atoms with Crippen molar-refractivity contribution in [2.24, 2.45) is 0 Å². The number of aromatic nitrogens is 3. The smallest absolute Gasteiger partial charge is 0.180 e. The molecule has 0 saturated carbocycles. The maximum atomic E-state index is 10.8. The van der Waals surface area contributed by atoms with Gasteiger partial charge in [-0.1, -0.05) is 30.3 Å². The first-order valence-electron chi connectivity index (χ1n) is 7.55. The van der Waals surface area contributed by atoms with Crippen molar-refractivity contribution in [2.45, 2.75) is 25.6 Å². The van der Waals surface area contributed by atoms with Gasteiger partial charge in [0.2, 0.25) is 0 Å². The summed E-state index contributed by atoms with van der Waals surface area (Å²) in [5, 5.41) is 17.8. The van der Waals surface area contributed by atoms with Gasteiger partial charge in [-0.25, -0.2) is 4.98 Å². The fourth-order valence-electron chi connectivity index (χ4n) is 2.83.